The second-order valence-electron chi connectivity index (χ2n) is 6.42. The van der Waals surface area contributed by atoms with E-state index in [1.165, 1.54) is 25.7 Å². The van der Waals surface area contributed by atoms with Crippen molar-refractivity contribution in [3.63, 3.8) is 0 Å². The Labute approximate surface area is 76.7 Å². The maximum absolute atomic E-state index is 2.52. The predicted molar refractivity (Wildman–Crippen MR) is 53.0 cm³/mol. The molecule has 0 heterocycles. The highest BCUT2D eigenvalue weighted by Gasteiger charge is 2.52. The molecule has 3 unspecified atom stereocenters. The minimum Gasteiger partial charge on any atom is -0.0599 e. The highest BCUT2D eigenvalue weighted by molar-refractivity contribution is 5.02. The van der Waals surface area contributed by atoms with Gasteiger partial charge in [-0.3, -0.25) is 0 Å². The molecule has 0 aromatic rings. The van der Waals surface area contributed by atoms with Gasteiger partial charge in [-0.15, -0.1) is 0 Å². The average Bonchev–Trinajstić information content (AvgIpc) is 2.39. The number of hydrogen-bond donors (Lipinski definition) is 0. The van der Waals surface area contributed by atoms with E-state index in [4.69, 9.17) is 0 Å². The minimum atomic E-state index is 0.546. The van der Waals surface area contributed by atoms with Gasteiger partial charge in [-0.25, -0.2) is 0 Å². The molecule has 0 aromatic carbocycles. The van der Waals surface area contributed by atoms with Crippen molar-refractivity contribution in [2.45, 2.75) is 53.4 Å². The van der Waals surface area contributed by atoms with Gasteiger partial charge in [0.2, 0.25) is 0 Å². The fourth-order valence-corrected chi connectivity index (χ4v) is 3.93. The molecular formula is C12H22. The molecule has 0 saturated heterocycles. The van der Waals surface area contributed by atoms with Gasteiger partial charge in [0.25, 0.3) is 0 Å². The molecule has 3 atom stereocenters. The molecule has 0 spiro atoms. The molecule has 0 aliphatic heterocycles. The van der Waals surface area contributed by atoms with Crippen LogP contribution in [0.2, 0.25) is 0 Å². The van der Waals surface area contributed by atoms with E-state index in [2.05, 4.69) is 27.7 Å². The summed E-state index contributed by atoms with van der Waals surface area (Å²) >= 11 is 0. The molecule has 2 aliphatic carbocycles. The van der Waals surface area contributed by atoms with Crippen LogP contribution in [0.5, 0.6) is 0 Å². The molecule has 2 bridgehead atoms. The zero-order valence-corrected chi connectivity index (χ0v) is 8.98. The van der Waals surface area contributed by atoms with Gasteiger partial charge in [0, 0.05) is 0 Å². The Balaban J connectivity index is 2.20. The summed E-state index contributed by atoms with van der Waals surface area (Å²) in [5, 5.41) is 0. The summed E-state index contributed by atoms with van der Waals surface area (Å²) in [4.78, 5) is 0. The van der Waals surface area contributed by atoms with E-state index >= 15 is 0 Å². The first-order valence-corrected chi connectivity index (χ1v) is 5.42. The van der Waals surface area contributed by atoms with Gasteiger partial charge in [-0.1, -0.05) is 27.7 Å². The molecular weight excluding hydrogens is 144 g/mol. The first-order chi connectivity index (χ1) is 5.42. The lowest BCUT2D eigenvalue weighted by atomic mass is 9.64. The summed E-state index contributed by atoms with van der Waals surface area (Å²) in [5.74, 6) is 2.07. The second kappa shape index (κ2) is 2.27. The fraction of sp³-hybridized carbons (Fsp3) is 1.00. The molecule has 2 aliphatic rings. The van der Waals surface area contributed by atoms with Gasteiger partial charge in [-0.05, 0) is 48.3 Å². The molecule has 70 valence electrons. The Morgan fingerprint density at radius 1 is 1.25 bits per heavy atom. The molecule has 2 rings (SSSR count). The maximum Gasteiger partial charge on any atom is -0.0290 e. The topological polar surface area (TPSA) is 0 Å². The first-order valence-electron chi connectivity index (χ1n) is 5.42. The largest absolute Gasteiger partial charge is 0.0599 e. The van der Waals surface area contributed by atoms with E-state index in [0.29, 0.717) is 10.8 Å². The van der Waals surface area contributed by atoms with Gasteiger partial charge < -0.3 is 0 Å². The Morgan fingerprint density at radius 3 is 2.17 bits per heavy atom. The Bertz CT molecular complexity index is 187. The summed E-state index contributed by atoms with van der Waals surface area (Å²) in [6.45, 7) is 9.78. The van der Waals surface area contributed by atoms with Gasteiger partial charge in [-0.2, -0.15) is 0 Å². The second-order valence-corrected chi connectivity index (χ2v) is 6.42. The fourth-order valence-electron chi connectivity index (χ4n) is 3.93. The van der Waals surface area contributed by atoms with Crippen molar-refractivity contribution < 1.29 is 0 Å². The summed E-state index contributed by atoms with van der Waals surface area (Å²) in [6.07, 6.45) is 6.05. The van der Waals surface area contributed by atoms with E-state index in [1.807, 2.05) is 0 Å². The molecule has 0 N–H and O–H groups in total. The third kappa shape index (κ3) is 1.11. The SMILES string of the molecule is CC(C)(C)C1CC2CCC1(C)C2. The molecule has 2 fully saturated rings. The quantitative estimate of drug-likeness (QED) is 0.512. The molecule has 0 heteroatoms. The van der Waals surface area contributed by atoms with Crippen LogP contribution >= 0.6 is 0 Å². The van der Waals surface area contributed by atoms with Crippen molar-refractivity contribution in [3.05, 3.63) is 0 Å². The molecule has 0 aromatic heterocycles. The normalized spacial score (nSPS) is 47.0. The van der Waals surface area contributed by atoms with Crippen LogP contribution in [0.4, 0.5) is 0 Å². The Morgan fingerprint density at radius 2 is 1.92 bits per heavy atom. The Kier molecular flexibility index (Phi) is 1.63. The van der Waals surface area contributed by atoms with Gasteiger partial charge in [0.05, 0.1) is 0 Å². The highest BCUT2D eigenvalue weighted by Crippen LogP contribution is 2.62. The van der Waals surface area contributed by atoms with E-state index < -0.39 is 0 Å². The van der Waals surface area contributed by atoms with Crippen molar-refractivity contribution in [1.29, 1.82) is 0 Å². The van der Waals surface area contributed by atoms with E-state index in [0.717, 1.165) is 11.8 Å². The molecule has 12 heavy (non-hydrogen) atoms. The van der Waals surface area contributed by atoms with Gasteiger partial charge in [0.1, 0.15) is 0 Å². The van der Waals surface area contributed by atoms with Gasteiger partial charge in [0.15, 0.2) is 0 Å². The van der Waals surface area contributed by atoms with Crippen LogP contribution in [-0.2, 0) is 0 Å². The van der Waals surface area contributed by atoms with Crippen LogP contribution in [0.3, 0.4) is 0 Å². The summed E-state index contributed by atoms with van der Waals surface area (Å²) < 4.78 is 0. The standard InChI is InChI=1S/C12H22/c1-11(2,3)10-7-9-5-6-12(10,4)8-9/h9-10H,5-8H2,1-4H3. The van der Waals surface area contributed by atoms with E-state index in [1.54, 1.807) is 0 Å². The number of hydrogen-bond acceptors (Lipinski definition) is 0. The van der Waals surface area contributed by atoms with Crippen LogP contribution in [0.15, 0.2) is 0 Å². The van der Waals surface area contributed by atoms with Crippen LogP contribution < -0.4 is 0 Å². The summed E-state index contributed by atoms with van der Waals surface area (Å²) in [6, 6.07) is 0. The summed E-state index contributed by atoms with van der Waals surface area (Å²) in [5.41, 5.74) is 1.26. The van der Waals surface area contributed by atoms with Crippen LogP contribution in [0, 0.1) is 22.7 Å². The van der Waals surface area contributed by atoms with Crippen molar-refractivity contribution in [3.8, 4) is 0 Å². The van der Waals surface area contributed by atoms with E-state index in [-0.39, 0.29) is 0 Å². The zero-order chi connectivity index (χ0) is 8.98. The molecule has 0 radical (unpaired) electrons. The third-order valence-corrected chi connectivity index (χ3v) is 4.33. The average molecular weight is 166 g/mol. The highest BCUT2D eigenvalue weighted by atomic mass is 14.6. The van der Waals surface area contributed by atoms with Crippen molar-refractivity contribution in [1.82, 2.24) is 0 Å². The summed E-state index contributed by atoms with van der Waals surface area (Å²) in [7, 11) is 0. The number of rotatable bonds is 0. The lowest BCUT2D eigenvalue weighted by Gasteiger charge is -2.41. The van der Waals surface area contributed by atoms with Crippen molar-refractivity contribution in [2.24, 2.45) is 22.7 Å². The lowest BCUT2D eigenvalue weighted by Crippen LogP contribution is -2.32. The zero-order valence-electron chi connectivity index (χ0n) is 8.98. The molecule has 0 amide bonds. The number of fused-ring (bicyclic) bond motifs is 2. The van der Waals surface area contributed by atoms with Crippen LogP contribution in [0.25, 0.3) is 0 Å². The monoisotopic (exact) mass is 166 g/mol. The lowest BCUT2D eigenvalue weighted by molar-refractivity contribution is 0.0884. The first kappa shape index (κ1) is 8.59. The predicted octanol–water partition coefficient (Wildman–Crippen LogP) is 3.86. The molecule has 2 saturated carbocycles. The Hall–Kier alpha value is 0. The third-order valence-electron chi connectivity index (χ3n) is 4.33. The van der Waals surface area contributed by atoms with Crippen LogP contribution in [0.1, 0.15) is 53.4 Å². The van der Waals surface area contributed by atoms with Gasteiger partial charge >= 0.3 is 0 Å². The molecule has 0 nitrogen and oxygen atoms in total. The maximum atomic E-state index is 2.52. The minimum absolute atomic E-state index is 0.546. The smallest absolute Gasteiger partial charge is 0.0290 e. The van der Waals surface area contributed by atoms with Crippen molar-refractivity contribution >= 4 is 0 Å². The van der Waals surface area contributed by atoms with Crippen molar-refractivity contribution in [2.75, 3.05) is 0 Å². The van der Waals surface area contributed by atoms with E-state index in [9.17, 15) is 0 Å². The van der Waals surface area contributed by atoms with Crippen LogP contribution in [-0.4, -0.2) is 0 Å².